The smallest absolute Gasteiger partial charge is 0.123 e. The standard InChI is InChI=1S/C10H22NO2PS2/c1-7-5-3-4-6-8(7)10(2,9(11)12)14(13,15)16/h7-9,12H,3-6,11H2,1-2H3,(H2,13,15,16). The highest BCUT2D eigenvalue weighted by Gasteiger charge is 2.50. The molecule has 0 spiro atoms. The van der Waals surface area contributed by atoms with Crippen molar-refractivity contribution in [1.82, 2.24) is 0 Å². The highest BCUT2D eigenvalue weighted by atomic mass is 32.9. The van der Waals surface area contributed by atoms with Crippen LogP contribution in [0.3, 0.4) is 0 Å². The van der Waals surface area contributed by atoms with Gasteiger partial charge in [0, 0.05) is 0 Å². The van der Waals surface area contributed by atoms with E-state index in [0.717, 1.165) is 19.3 Å². The average molecular weight is 283 g/mol. The predicted molar refractivity (Wildman–Crippen MR) is 75.2 cm³/mol. The molecule has 0 amide bonds. The van der Waals surface area contributed by atoms with Gasteiger partial charge in [0.1, 0.15) is 11.7 Å². The summed E-state index contributed by atoms with van der Waals surface area (Å²) < 4.78 is 0. The van der Waals surface area contributed by atoms with Gasteiger partial charge >= 0.3 is 0 Å². The third-order valence-electron chi connectivity index (χ3n) is 4.09. The molecule has 5 atom stereocenters. The third kappa shape index (κ3) is 2.65. The first kappa shape index (κ1) is 14.9. The summed E-state index contributed by atoms with van der Waals surface area (Å²) in [6.07, 6.45) is 3.28. The lowest BCUT2D eigenvalue weighted by atomic mass is 9.73. The Morgan fingerprint density at radius 2 is 2.00 bits per heavy atom. The van der Waals surface area contributed by atoms with Crippen molar-refractivity contribution in [3.8, 4) is 0 Å². The molecule has 16 heavy (non-hydrogen) atoms. The predicted octanol–water partition coefficient (Wildman–Crippen LogP) is 2.08. The Kier molecular flexibility index (Phi) is 4.90. The molecule has 6 heteroatoms. The average Bonchev–Trinajstić information content (AvgIpc) is 2.15. The highest BCUT2D eigenvalue weighted by molar-refractivity contribution is 8.61. The van der Waals surface area contributed by atoms with Gasteiger partial charge in [0.05, 0.1) is 5.16 Å². The summed E-state index contributed by atoms with van der Waals surface area (Å²) in [5.41, 5.74) is 2.76. The molecule has 0 saturated heterocycles. The number of hydrogen-bond acceptors (Lipinski definition) is 3. The van der Waals surface area contributed by atoms with Gasteiger partial charge in [-0.1, -0.05) is 38.0 Å². The van der Waals surface area contributed by atoms with Gasteiger partial charge < -0.3 is 15.7 Å². The Morgan fingerprint density at radius 3 is 2.38 bits per heavy atom. The van der Waals surface area contributed by atoms with Gasteiger partial charge in [-0.3, -0.25) is 0 Å². The van der Waals surface area contributed by atoms with E-state index in [1.54, 1.807) is 6.92 Å². The fraction of sp³-hybridized carbons (Fsp3) is 1.00. The summed E-state index contributed by atoms with van der Waals surface area (Å²) in [5, 5.41) is 8.97. The van der Waals surface area contributed by atoms with Gasteiger partial charge in [-0.15, -0.1) is 12.2 Å². The summed E-state index contributed by atoms with van der Waals surface area (Å²) in [4.78, 5) is 10.1. The molecule has 96 valence electrons. The molecule has 1 rings (SSSR count). The summed E-state index contributed by atoms with van der Waals surface area (Å²) in [6, 6.07) is 0. The Hall–Kier alpha value is 0.880. The number of aliphatic hydroxyl groups excluding tert-OH is 1. The van der Waals surface area contributed by atoms with Crippen LogP contribution in [0.25, 0.3) is 0 Å². The maximum Gasteiger partial charge on any atom is 0.123 e. The lowest BCUT2D eigenvalue weighted by molar-refractivity contribution is 0.0688. The molecule has 5 unspecified atom stereocenters. The minimum absolute atomic E-state index is 0.162. The van der Waals surface area contributed by atoms with E-state index >= 15 is 0 Å². The van der Waals surface area contributed by atoms with Crippen molar-refractivity contribution in [2.75, 3.05) is 0 Å². The fourth-order valence-corrected chi connectivity index (χ4v) is 5.48. The van der Waals surface area contributed by atoms with E-state index in [-0.39, 0.29) is 5.92 Å². The molecular weight excluding hydrogens is 261 g/mol. The van der Waals surface area contributed by atoms with Gasteiger partial charge in [-0.25, -0.2) is 0 Å². The van der Waals surface area contributed by atoms with Crippen molar-refractivity contribution in [3.05, 3.63) is 0 Å². The first-order chi connectivity index (χ1) is 7.21. The van der Waals surface area contributed by atoms with Crippen molar-refractivity contribution in [2.45, 2.75) is 50.9 Å². The van der Waals surface area contributed by atoms with E-state index in [1.165, 1.54) is 6.42 Å². The largest absolute Gasteiger partial charge is 0.378 e. The van der Waals surface area contributed by atoms with E-state index in [4.69, 9.17) is 17.5 Å². The molecule has 0 bridgehead atoms. The summed E-state index contributed by atoms with van der Waals surface area (Å²) in [7, 11) is 0. The molecule has 1 saturated carbocycles. The zero-order chi connectivity index (χ0) is 12.6. The van der Waals surface area contributed by atoms with Gasteiger partial charge in [-0.05, 0) is 25.2 Å². The van der Waals surface area contributed by atoms with Crippen molar-refractivity contribution in [1.29, 1.82) is 0 Å². The monoisotopic (exact) mass is 283 g/mol. The number of nitrogens with two attached hydrogens (primary N) is 1. The molecule has 0 aromatic heterocycles. The van der Waals surface area contributed by atoms with Crippen molar-refractivity contribution in [3.63, 3.8) is 0 Å². The Bertz CT molecular complexity index is 295. The zero-order valence-corrected chi connectivity index (χ0v) is 12.4. The van der Waals surface area contributed by atoms with Crippen molar-refractivity contribution < 1.29 is 10.00 Å². The molecule has 4 N–H and O–H groups in total. The Morgan fingerprint density at radius 1 is 1.50 bits per heavy atom. The molecule has 1 aliphatic rings. The number of aliphatic hydroxyl groups is 1. The third-order valence-corrected chi connectivity index (χ3v) is 8.41. The normalized spacial score (nSPS) is 36.1. The van der Waals surface area contributed by atoms with Crippen LogP contribution >= 0.6 is 17.7 Å². The maximum absolute atomic E-state index is 10.1. The van der Waals surface area contributed by atoms with E-state index in [0.29, 0.717) is 5.92 Å². The van der Waals surface area contributed by atoms with Crippen LogP contribution in [-0.4, -0.2) is 21.4 Å². The summed E-state index contributed by atoms with van der Waals surface area (Å²) >= 11 is 9.29. The molecule has 1 fully saturated rings. The molecule has 0 heterocycles. The minimum Gasteiger partial charge on any atom is -0.378 e. The summed E-state index contributed by atoms with van der Waals surface area (Å²) in [5.74, 6) is 0.591. The van der Waals surface area contributed by atoms with Gasteiger partial charge in [-0.2, -0.15) is 0 Å². The van der Waals surface area contributed by atoms with Gasteiger partial charge in [0.2, 0.25) is 0 Å². The second-order valence-electron chi connectivity index (χ2n) is 5.08. The molecule has 0 aromatic rings. The van der Waals surface area contributed by atoms with Crippen LogP contribution in [0.5, 0.6) is 0 Å². The van der Waals surface area contributed by atoms with Crippen LogP contribution in [0.4, 0.5) is 0 Å². The van der Waals surface area contributed by atoms with Crippen LogP contribution < -0.4 is 5.73 Å². The summed E-state index contributed by atoms with van der Waals surface area (Å²) in [6.45, 7) is 3.93. The number of rotatable bonds is 3. The van der Waals surface area contributed by atoms with Crippen LogP contribution in [0.1, 0.15) is 39.5 Å². The SMILES string of the molecule is CC1CCCCC1C(C)(C(N)O)P(O)(=S)S. The maximum atomic E-state index is 10.1. The lowest BCUT2D eigenvalue weighted by Crippen LogP contribution is -2.52. The second kappa shape index (κ2) is 5.25. The van der Waals surface area contributed by atoms with Crippen molar-refractivity contribution >= 4 is 29.5 Å². The molecule has 1 aliphatic carbocycles. The van der Waals surface area contributed by atoms with E-state index in [1.807, 2.05) is 0 Å². The second-order valence-corrected chi connectivity index (χ2v) is 11.3. The van der Waals surface area contributed by atoms with Crippen LogP contribution in [0.15, 0.2) is 0 Å². The number of hydrogen-bond donors (Lipinski definition) is 4. The lowest BCUT2D eigenvalue weighted by Gasteiger charge is -2.47. The molecule has 0 radical (unpaired) electrons. The quantitative estimate of drug-likeness (QED) is 0.364. The molecule has 3 nitrogen and oxygen atoms in total. The van der Waals surface area contributed by atoms with Crippen LogP contribution in [0.2, 0.25) is 0 Å². The van der Waals surface area contributed by atoms with Crippen molar-refractivity contribution in [2.24, 2.45) is 17.6 Å². The first-order valence-electron chi connectivity index (χ1n) is 5.70. The van der Waals surface area contributed by atoms with Gasteiger partial charge in [0.25, 0.3) is 0 Å². The molecule has 0 aliphatic heterocycles. The topological polar surface area (TPSA) is 66.5 Å². The van der Waals surface area contributed by atoms with E-state index < -0.39 is 16.9 Å². The highest BCUT2D eigenvalue weighted by Crippen LogP contribution is 2.65. The van der Waals surface area contributed by atoms with Crippen LogP contribution in [0, 0.1) is 11.8 Å². The Labute approximate surface area is 108 Å². The minimum atomic E-state index is -2.90. The van der Waals surface area contributed by atoms with Gasteiger partial charge in [0.15, 0.2) is 0 Å². The number of thiol groups is 1. The van der Waals surface area contributed by atoms with Crippen LogP contribution in [-0.2, 0) is 11.8 Å². The molecule has 0 aromatic carbocycles. The molecular formula is C10H22NO2PS2. The zero-order valence-electron chi connectivity index (χ0n) is 9.83. The fourth-order valence-electron chi connectivity index (χ4n) is 2.79. The van der Waals surface area contributed by atoms with E-state index in [2.05, 4.69) is 19.2 Å². The first-order valence-corrected chi connectivity index (χ1v) is 9.61. The van der Waals surface area contributed by atoms with E-state index in [9.17, 15) is 10.00 Å². The Balaban J connectivity index is 3.06.